The van der Waals surface area contributed by atoms with Crippen molar-refractivity contribution in [2.45, 2.75) is 13.0 Å². The molecule has 1 unspecified atom stereocenters. The average Bonchev–Trinajstić information content (AvgIpc) is 2.60. The van der Waals surface area contributed by atoms with E-state index in [1.54, 1.807) is 0 Å². The van der Waals surface area contributed by atoms with E-state index in [9.17, 15) is 9.13 Å². The Morgan fingerprint density at radius 3 is 1.40 bits per heavy atom. The molecule has 0 saturated heterocycles. The van der Waals surface area contributed by atoms with Crippen molar-refractivity contribution in [3.63, 3.8) is 0 Å². The zero-order chi connectivity index (χ0) is 19.2. The van der Waals surface area contributed by atoms with Gasteiger partial charge in [0.1, 0.15) is 0 Å². The van der Waals surface area contributed by atoms with E-state index in [1.807, 2.05) is 0 Å². The van der Waals surface area contributed by atoms with Gasteiger partial charge in [-0.3, -0.25) is 27.1 Å². The monoisotopic (exact) mass is 484 g/mol. The molecule has 152 valence electrons. The molecule has 0 aliphatic rings. The molecule has 0 N–H and O–H groups in total. The molecule has 0 saturated carbocycles. The number of phosphoric ester groups is 2. The molecule has 0 aromatic rings. The molecule has 0 amide bonds. The van der Waals surface area contributed by atoms with Crippen LogP contribution in [0.3, 0.4) is 0 Å². The number of hydrogen-bond donors (Lipinski definition) is 0. The van der Waals surface area contributed by atoms with Crippen LogP contribution in [0.25, 0.3) is 0 Å². The van der Waals surface area contributed by atoms with Crippen LogP contribution in [0.4, 0.5) is 0 Å². The molecule has 0 aromatic heterocycles. The van der Waals surface area contributed by atoms with E-state index in [-0.39, 0.29) is 56.6 Å². The van der Waals surface area contributed by atoms with Gasteiger partial charge in [0.05, 0.1) is 39.1 Å². The Morgan fingerprint density at radius 1 is 0.680 bits per heavy atom. The summed E-state index contributed by atoms with van der Waals surface area (Å²) in [4.78, 5) is 0. The van der Waals surface area contributed by atoms with Crippen LogP contribution in [0.1, 0.15) is 6.92 Å². The predicted molar refractivity (Wildman–Crippen MR) is 98.4 cm³/mol. The van der Waals surface area contributed by atoms with Gasteiger partial charge < -0.3 is 0 Å². The van der Waals surface area contributed by atoms with Crippen molar-refractivity contribution in [3.05, 3.63) is 0 Å². The SMILES string of the molecule is CC(COP(=O)(OCCCl)OCCCl)OP(=O)(OCCCl)OCCCl. The molecule has 0 bridgehead atoms. The third kappa shape index (κ3) is 13.2. The van der Waals surface area contributed by atoms with Gasteiger partial charge in [-0.1, -0.05) is 0 Å². The van der Waals surface area contributed by atoms with Crippen LogP contribution >= 0.6 is 62.0 Å². The predicted octanol–water partition coefficient (Wildman–Crippen LogP) is 4.65. The maximum Gasteiger partial charge on any atom is 0.475 e. The summed E-state index contributed by atoms with van der Waals surface area (Å²) in [5.41, 5.74) is 0. The highest BCUT2D eigenvalue weighted by Crippen LogP contribution is 2.52. The minimum Gasteiger partial charge on any atom is -0.286 e. The van der Waals surface area contributed by atoms with Crippen molar-refractivity contribution in [1.29, 1.82) is 0 Å². The number of rotatable bonds is 17. The molecule has 0 rings (SSSR count). The Balaban J connectivity index is 4.65. The van der Waals surface area contributed by atoms with Crippen LogP contribution in [-0.4, -0.2) is 62.7 Å². The Morgan fingerprint density at radius 2 is 1.04 bits per heavy atom. The fraction of sp³-hybridized carbons (Fsp3) is 1.00. The number of halogens is 4. The van der Waals surface area contributed by atoms with Gasteiger partial charge in [0.15, 0.2) is 0 Å². The summed E-state index contributed by atoms with van der Waals surface area (Å²) < 4.78 is 55.1. The van der Waals surface area contributed by atoms with Gasteiger partial charge in [-0.2, -0.15) is 0 Å². The smallest absolute Gasteiger partial charge is 0.286 e. The second-order valence-corrected chi connectivity index (χ2v) is 9.00. The maximum absolute atomic E-state index is 12.4. The summed E-state index contributed by atoms with van der Waals surface area (Å²) in [6.07, 6.45) is -0.830. The van der Waals surface area contributed by atoms with E-state index in [4.69, 9.17) is 73.5 Å². The summed E-state index contributed by atoms with van der Waals surface area (Å²) in [6, 6.07) is 0. The summed E-state index contributed by atoms with van der Waals surface area (Å²) in [5, 5.41) is 0. The highest BCUT2D eigenvalue weighted by Gasteiger charge is 2.32. The number of alkyl halides is 4. The lowest BCUT2D eigenvalue weighted by molar-refractivity contribution is 0.0472. The second kappa shape index (κ2) is 15.3. The first-order valence-electron chi connectivity index (χ1n) is 7.19. The fourth-order valence-electron chi connectivity index (χ4n) is 1.24. The zero-order valence-electron chi connectivity index (χ0n) is 13.6. The average molecular weight is 486 g/mol. The summed E-state index contributed by atoms with van der Waals surface area (Å²) in [6.45, 7) is 1.03. The third-order valence-electron chi connectivity index (χ3n) is 2.08. The summed E-state index contributed by atoms with van der Waals surface area (Å²) in [5.74, 6) is 0.376. The van der Waals surface area contributed by atoms with Crippen molar-refractivity contribution in [2.24, 2.45) is 0 Å². The minimum atomic E-state index is -3.90. The Kier molecular flexibility index (Phi) is 16.2. The Bertz CT molecular complexity index is 407. The van der Waals surface area contributed by atoms with Gasteiger partial charge >= 0.3 is 15.6 Å². The van der Waals surface area contributed by atoms with Gasteiger partial charge in [-0.05, 0) is 6.92 Å². The van der Waals surface area contributed by atoms with Crippen LogP contribution in [0.5, 0.6) is 0 Å². The molecule has 14 heteroatoms. The Hall–Kier alpha value is 1.38. The molecule has 0 aromatic carbocycles. The second-order valence-electron chi connectivity index (χ2n) is 4.20. The van der Waals surface area contributed by atoms with Crippen molar-refractivity contribution in [1.82, 2.24) is 0 Å². The lowest BCUT2D eigenvalue weighted by Gasteiger charge is -2.23. The molecule has 0 spiro atoms. The van der Waals surface area contributed by atoms with Gasteiger partial charge in [-0.25, -0.2) is 9.13 Å². The first-order chi connectivity index (χ1) is 11.8. The van der Waals surface area contributed by atoms with Crippen LogP contribution in [0, 0.1) is 0 Å². The molecule has 0 fully saturated rings. The number of hydrogen-bond acceptors (Lipinski definition) is 8. The van der Waals surface area contributed by atoms with E-state index < -0.39 is 21.7 Å². The lowest BCUT2D eigenvalue weighted by Crippen LogP contribution is -2.18. The molecule has 8 nitrogen and oxygen atoms in total. The molecular formula is C11H22Cl4O8P2. The minimum absolute atomic E-state index is 0.0491. The van der Waals surface area contributed by atoms with Gasteiger partial charge in [0, 0.05) is 23.5 Å². The highest BCUT2D eigenvalue weighted by molar-refractivity contribution is 7.48. The first-order valence-corrected chi connectivity index (χ1v) is 12.3. The van der Waals surface area contributed by atoms with Gasteiger partial charge in [-0.15, -0.1) is 46.4 Å². The standard InChI is InChI=1S/C11H22Cl4O8P2/c1-11(23-25(17,20-8-4-14)21-9-5-15)10-22-24(16,18-6-2-12)19-7-3-13/h11H,2-10H2,1H3. The van der Waals surface area contributed by atoms with Crippen LogP contribution in [0.2, 0.25) is 0 Å². The van der Waals surface area contributed by atoms with Crippen LogP contribution in [-0.2, 0) is 36.3 Å². The molecule has 1 atom stereocenters. The summed E-state index contributed by atoms with van der Waals surface area (Å²) in [7, 11) is -7.77. The highest BCUT2D eigenvalue weighted by atomic mass is 35.5. The largest absolute Gasteiger partial charge is 0.475 e. The lowest BCUT2D eigenvalue weighted by atomic mass is 10.5. The molecular weight excluding hydrogens is 464 g/mol. The third-order valence-corrected chi connectivity index (χ3v) is 5.78. The van der Waals surface area contributed by atoms with Crippen molar-refractivity contribution in [3.8, 4) is 0 Å². The van der Waals surface area contributed by atoms with E-state index >= 15 is 0 Å². The van der Waals surface area contributed by atoms with Crippen LogP contribution < -0.4 is 0 Å². The fourth-order valence-corrected chi connectivity index (χ4v) is 4.55. The van der Waals surface area contributed by atoms with Crippen molar-refractivity contribution >= 4 is 62.0 Å². The van der Waals surface area contributed by atoms with E-state index in [1.165, 1.54) is 6.92 Å². The van der Waals surface area contributed by atoms with Crippen molar-refractivity contribution < 1.29 is 36.3 Å². The van der Waals surface area contributed by atoms with E-state index in [2.05, 4.69) is 0 Å². The molecule has 25 heavy (non-hydrogen) atoms. The summed E-state index contributed by atoms with van der Waals surface area (Å²) >= 11 is 22.0. The topological polar surface area (TPSA) is 89.5 Å². The zero-order valence-corrected chi connectivity index (χ0v) is 18.4. The maximum atomic E-state index is 12.4. The van der Waals surface area contributed by atoms with E-state index in [0.717, 1.165) is 0 Å². The molecule has 0 aliphatic heterocycles. The molecule has 0 aliphatic carbocycles. The Labute approximate surface area is 167 Å². The van der Waals surface area contributed by atoms with Crippen molar-refractivity contribution in [2.75, 3.05) is 56.6 Å². The van der Waals surface area contributed by atoms with Gasteiger partial charge in [0.2, 0.25) is 0 Å². The normalized spacial score (nSPS) is 14.0. The first kappa shape index (κ1) is 26.4. The molecule has 0 heterocycles. The van der Waals surface area contributed by atoms with E-state index in [0.29, 0.717) is 0 Å². The number of phosphoric acid groups is 2. The van der Waals surface area contributed by atoms with Crippen LogP contribution in [0.15, 0.2) is 0 Å². The van der Waals surface area contributed by atoms with Gasteiger partial charge in [0.25, 0.3) is 0 Å². The quantitative estimate of drug-likeness (QED) is 0.217. The molecule has 0 radical (unpaired) electrons.